The number of fused-ring (bicyclic) bond motifs is 1. The molecule has 0 fully saturated rings. The lowest BCUT2D eigenvalue weighted by molar-refractivity contribution is -0.121. The molecule has 1 unspecified atom stereocenters. The van der Waals surface area contributed by atoms with Crippen molar-refractivity contribution in [2.24, 2.45) is 11.1 Å². The maximum Gasteiger partial charge on any atom is 0.265 e. The number of benzene rings is 1. The van der Waals surface area contributed by atoms with E-state index in [0.717, 1.165) is 23.4 Å². The van der Waals surface area contributed by atoms with Gasteiger partial charge < -0.3 is 15.4 Å². The predicted octanol–water partition coefficient (Wildman–Crippen LogP) is 2.87. The van der Waals surface area contributed by atoms with Crippen molar-refractivity contribution in [1.29, 1.82) is 0 Å². The van der Waals surface area contributed by atoms with Gasteiger partial charge >= 0.3 is 0 Å². The first-order valence-electron chi connectivity index (χ1n) is 7.17. The number of hydrogen-bond acceptors (Lipinski definition) is 3. The molecule has 4 nitrogen and oxygen atoms in total. The topological polar surface area (TPSA) is 55.6 Å². The number of carbonyl (C=O) groups is 1. The molecule has 1 aromatic rings. The highest BCUT2D eigenvalue weighted by Crippen LogP contribution is 2.38. The quantitative estimate of drug-likeness (QED) is 0.923. The van der Waals surface area contributed by atoms with Crippen molar-refractivity contribution >= 4 is 11.6 Å². The zero-order chi connectivity index (χ0) is 14.9. The van der Waals surface area contributed by atoms with Gasteiger partial charge in [0.2, 0.25) is 0 Å². The molecule has 0 aliphatic carbocycles. The van der Waals surface area contributed by atoms with Crippen LogP contribution in [0.2, 0.25) is 0 Å². The third-order valence-electron chi connectivity index (χ3n) is 3.67. The first kappa shape index (κ1) is 14.9. The van der Waals surface area contributed by atoms with Crippen molar-refractivity contribution in [1.82, 2.24) is 0 Å². The van der Waals surface area contributed by atoms with Gasteiger partial charge in [0, 0.05) is 12.6 Å². The molecule has 0 spiro atoms. The van der Waals surface area contributed by atoms with Crippen LogP contribution in [0.25, 0.3) is 0 Å². The number of nitrogens with zero attached hydrogens (tertiary/aromatic N) is 1. The number of carbonyl (C=O) groups excluding carboxylic acids is 1. The lowest BCUT2D eigenvalue weighted by Gasteiger charge is -2.32. The van der Waals surface area contributed by atoms with Gasteiger partial charge in [0.05, 0.1) is 5.69 Å². The fourth-order valence-corrected chi connectivity index (χ4v) is 2.38. The van der Waals surface area contributed by atoms with Crippen molar-refractivity contribution < 1.29 is 9.53 Å². The molecule has 1 aliphatic heterocycles. The summed E-state index contributed by atoms with van der Waals surface area (Å²) in [5, 5.41) is 0. The van der Waals surface area contributed by atoms with Gasteiger partial charge in [-0.05, 0) is 29.5 Å². The van der Waals surface area contributed by atoms with Gasteiger partial charge in [0.25, 0.3) is 5.91 Å². The number of rotatable bonds is 3. The molecule has 0 bridgehead atoms. The minimum Gasteiger partial charge on any atom is -0.482 e. The van der Waals surface area contributed by atoms with E-state index in [1.807, 2.05) is 18.2 Å². The molecular weight excluding hydrogens is 252 g/mol. The highest BCUT2D eigenvalue weighted by atomic mass is 16.5. The highest BCUT2D eigenvalue weighted by Gasteiger charge is 2.28. The smallest absolute Gasteiger partial charge is 0.265 e. The second kappa shape index (κ2) is 5.44. The standard InChI is InChI=1S/C16H24N2O2/c1-5-8-18-12-9-11(15(17)16(2,3)4)6-7-13(12)20-10-14(18)19/h6-7,9,15H,5,8,10,17H2,1-4H3. The van der Waals surface area contributed by atoms with Gasteiger partial charge in [-0.2, -0.15) is 0 Å². The van der Waals surface area contributed by atoms with Gasteiger partial charge in [0.1, 0.15) is 5.75 Å². The molecule has 20 heavy (non-hydrogen) atoms. The van der Waals surface area contributed by atoms with E-state index in [-0.39, 0.29) is 24.0 Å². The number of amides is 1. The average Bonchev–Trinajstić information content (AvgIpc) is 2.40. The fraction of sp³-hybridized carbons (Fsp3) is 0.562. The average molecular weight is 276 g/mol. The zero-order valence-electron chi connectivity index (χ0n) is 12.8. The molecule has 1 atom stereocenters. The van der Waals surface area contributed by atoms with Crippen LogP contribution in [-0.4, -0.2) is 19.1 Å². The highest BCUT2D eigenvalue weighted by molar-refractivity contribution is 5.97. The SMILES string of the molecule is CCCN1C(=O)COc2ccc(C(N)C(C)(C)C)cc21. The van der Waals surface area contributed by atoms with Gasteiger partial charge in [-0.1, -0.05) is 33.8 Å². The molecule has 1 aliphatic rings. The molecule has 2 N–H and O–H groups in total. The van der Waals surface area contributed by atoms with Crippen molar-refractivity contribution in [2.75, 3.05) is 18.1 Å². The Balaban J connectivity index is 2.40. The Labute approximate surface area is 120 Å². The molecule has 4 heteroatoms. The molecule has 1 aromatic carbocycles. The molecule has 0 saturated heterocycles. The number of hydrogen-bond donors (Lipinski definition) is 1. The van der Waals surface area contributed by atoms with Gasteiger partial charge in [-0.15, -0.1) is 0 Å². The maximum atomic E-state index is 12.0. The second-order valence-electron chi connectivity index (χ2n) is 6.40. The third-order valence-corrected chi connectivity index (χ3v) is 3.67. The Morgan fingerprint density at radius 2 is 2.10 bits per heavy atom. The summed E-state index contributed by atoms with van der Waals surface area (Å²) in [6, 6.07) is 5.84. The lowest BCUT2D eigenvalue weighted by atomic mass is 9.83. The molecule has 2 rings (SSSR count). The number of ether oxygens (including phenoxy) is 1. The van der Waals surface area contributed by atoms with E-state index in [2.05, 4.69) is 27.7 Å². The Bertz CT molecular complexity index is 506. The molecular formula is C16H24N2O2. The monoisotopic (exact) mass is 276 g/mol. The molecule has 1 amide bonds. The van der Waals surface area contributed by atoms with E-state index in [1.54, 1.807) is 4.90 Å². The fourth-order valence-electron chi connectivity index (χ4n) is 2.38. The first-order valence-corrected chi connectivity index (χ1v) is 7.17. The van der Waals surface area contributed by atoms with Gasteiger partial charge in [0.15, 0.2) is 6.61 Å². The summed E-state index contributed by atoms with van der Waals surface area (Å²) < 4.78 is 5.50. The summed E-state index contributed by atoms with van der Waals surface area (Å²) in [4.78, 5) is 13.8. The molecule has 0 radical (unpaired) electrons. The van der Waals surface area contributed by atoms with Crippen LogP contribution < -0.4 is 15.4 Å². The Morgan fingerprint density at radius 1 is 1.40 bits per heavy atom. The van der Waals surface area contributed by atoms with Crippen LogP contribution in [0, 0.1) is 5.41 Å². The predicted molar refractivity (Wildman–Crippen MR) is 81.0 cm³/mol. The Hall–Kier alpha value is -1.55. The van der Waals surface area contributed by atoms with Crippen LogP contribution in [0.3, 0.4) is 0 Å². The van der Waals surface area contributed by atoms with Crippen LogP contribution in [-0.2, 0) is 4.79 Å². The van der Waals surface area contributed by atoms with Gasteiger partial charge in [-0.3, -0.25) is 4.79 Å². The zero-order valence-corrected chi connectivity index (χ0v) is 12.8. The maximum absolute atomic E-state index is 12.0. The minimum absolute atomic E-state index is 0.0147. The van der Waals surface area contributed by atoms with E-state index in [0.29, 0.717) is 6.54 Å². The van der Waals surface area contributed by atoms with Crippen molar-refractivity contribution in [2.45, 2.75) is 40.2 Å². The Morgan fingerprint density at radius 3 is 2.70 bits per heavy atom. The summed E-state index contributed by atoms with van der Waals surface area (Å²) in [7, 11) is 0. The molecule has 0 saturated carbocycles. The van der Waals surface area contributed by atoms with Crippen molar-refractivity contribution in [3.63, 3.8) is 0 Å². The van der Waals surface area contributed by atoms with E-state index in [1.165, 1.54) is 0 Å². The van der Waals surface area contributed by atoms with Crippen LogP contribution in [0.1, 0.15) is 45.7 Å². The van der Waals surface area contributed by atoms with E-state index >= 15 is 0 Å². The van der Waals surface area contributed by atoms with Crippen molar-refractivity contribution in [3.05, 3.63) is 23.8 Å². The number of anilines is 1. The van der Waals surface area contributed by atoms with Crippen molar-refractivity contribution in [3.8, 4) is 5.75 Å². The summed E-state index contributed by atoms with van der Waals surface area (Å²) >= 11 is 0. The number of nitrogens with two attached hydrogens (primary N) is 1. The first-order chi connectivity index (χ1) is 9.34. The third kappa shape index (κ3) is 2.80. The van der Waals surface area contributed by atoms with Crippen LogP contribution in [0.15, 0.2) is 18.2 Å². The van der Waals surface area contributed by atoms with Crippen LogP contribution in [0.4, 0.5) is 5.69 Å². The molecule has 110 valence electrons. The summed E-state index contributed by atoms with van der Waals surface area (Å²) in [5.74, 6) is 0.781. The summed E-state index contributed by atoms with van der Waals surface area (Å²) in [5.41, 5.74) is 8.18. The minimum atomic E-state index is -0.0756. The van der Waals surface area contributed by atoms with E-state index in [9.17, 15) is 4.79 Å². The summed E-state index contributed by atoms with van der Waals surface area (Å²) in [6.45, 7) is 9.24. The van der Waals surface area contributed by atoms with Gasteiger partial charge in [-0.25, -0.2) is 0 Å². The normalized spacial score (nSPS) is 16.6. The lowest BCUT2D eigenvalue weighted by Crippen LogP contribution is -2.39. The Kier molecular flexibility index (Phi) is 4.04. The molecule has 1 heterocycles. The largest absolute Gasteiger partial charge is 0.482 e. The molecule has 0 aromatic heterocycles. The second-order valence-corrected chi connectivity index (χ2v) is 6.40. The van der Waals surface area contributed by atoms with Crippen LogP contribution in [0.5, 0.6) is 5.75 Å². The van der Waals surface area contributed by atoms with E-state index in [4.69, 9.17) is 10.5 Å². The van der Waals surface area contributed by atoms with E-state index < -0.39 is 0 Å². The summed E-state index contributed by atoms with van der Waals surface area (Å²) in [6.07, 6.45) is 0.917. The van der Waals surface area contributed by atoms with Crippen LogP contribution >= 0.6 is 0 Å².